The van der Waals surface area contributed by atoms with Crippen LogP contribution in [-0.2, 0) is 16.0 Å². The fourth-order valence-corrected chi connectivity index (χ4v) is 3.59. The van der Waals surface area contributed by atoms with Crippen LogP contribution >= 0.6 is 12.4 Å². The lowest BCUT2D eigenvalue weighted by atomic mass is 9.89. The quantitative estimate of drug-likeness (QED) is 0.773. The summed E-state index contributed by atoms with van der Waals surface area (Å²) in [5.74, 6) is 0.146. The van der Waals surface area contributed by atoms with Crippen LogP contribution in [0.1, 0.15) is 55.8 Å². The molecule has 1 aromatic rings. The van der Waals surface area contributed by atoms with Gasteiger partial charge in [0.05, 0.1) is 12.1 Å². The molecule has 1 aliphatic carbocycles. The lowest BCUT2D eigenvalue weighted by molar-refractivity contribution is -0.123. The van der Waals surface area contributed by atoms with E-state index < -0.39 is 0 Å². The number of hydrogen-bond acceptors (Lipinski definition) is 3. The summed E-state index contributed by atoms with van der Waals surface area (Å²) < 4.78 is 6.07. The number of fused-ring (bicyclic) bond motifs is 1. The number of hydrogen-bond donors (Lipinski definition) is 2. The molecule has 3 rings (SSSR count). The predicted molar refractivity (Wildman–Crippen MR) is 98.6 cm³/mol. The van der Waals surface area contributed by atoms with Crippen LogP contribution in [0.3, 0.4) is 0 Å². The summed E-state index contributed by atoms with van der Waals surface area (Å²) in [6, 6.07) is 8.61. The zero-order chi connectivity index (χ0) is 15.9. The molecule has 1 fully saturated rings. The molecule has 1 heterocycles. The largest absolute Gasteiger partial charge is 0.373 e. The number of nitrogens with one attached hydrogen (secondary N) is 2. The highest BCUT2D eigenvalue weighted by molar-refractivity contribution is 5.85. The van der Waals surface area contributed by atoms with Gasteiger partial charge < -0.3 is 15.4 Å². The Hall–Kier alpha value is -1.10. The van der Waals surface area contributed by atoms with Crippen molar-refractivity contribution < 1.29 is 9.53 Å². The smallest absolute Gasteiger partial charge is 0.237 e. The fourth-order valence-electron chi connectivity index (χ4n) is 3.59. The molecule has 0 bridgehead atoms. The second-order valence-corrected chi connectivity index (χ2v) is 6.60. The van der Waals surface area contributed by atoms with Gasteiger partial charge in [-0.15, -0.1) is 12.4 Å². The van der Waals surface area contributed by atoms with Crippen LogP contribution in [-0.4, -0.2) is 31.6 Å². The summed E-state index contributed by atoms with van der Waals surface area (Å²) in [7, 11) is 0. The zero-order valence-corrected chi connectivity index (χ0v) is 15.1. The first-order chi connectivity index (χ1) is 11.3. The van der Waals surface area contributed by atoms with E-state index in [1.807, 2.05) is 0 Å². The SMILES string of the molecule is Cl.O=C(NCCCOC1CCCc2ccccc21)C1CCCCN1. The number of amides is 1. The Morgan fingerprint density at radius 2 is 2.08 bits per heavy atom. The summed E-state index contributed by atoms with van der Waals surface area (Å²) in [4.78, 5) is 12.0. The van der Waals surface area contributed by atoms with Crippen molar-refractivity contribution in [2.24, 2.45) is 0 Å². The van der Waals surface area contributed by atoms with Crippen molar-refractivity contribution in [2.75, 3.05) is 19.7 Å². The zero-order valence-electron chi connectivity index (χ0n) is 14.3. The summed E-state index contributed by atoms with van der Waals surface area (Å²) in [6.07, 6.45) is 7.87. The molecule has 0 saturated carbocycles. The molecule has 1 aromatic carbocycles. The number of carbonyl (C=O) groups excluding carboxylic acids is 1. The van der Waals surface area contributed by atoms with Gasteiger partial charge >= 0.3 is 0 Å². The Kier molecular flexibility index (Phi) is 8.03. The Morgan fingerprint density at radius 1 is 1.21 bits per heavy atom. The van der Waals surface area contributed by atoms with Gasteiger partial charge in [-0.05, 0) is 56.2 Å². The second kappa shape index (κ2) is 10.0. The van der Waals surface area contributed by atoms with Gasteiger partial charge in [-0.1, -0.05) is 30.7 Å². The Labute approximate surface area is 151 Å². The third-order valence-corrected chi connectivity index (χ3v) is 4.88. The number of halogens is 1. The molecule has 0 spiro atoms. The molecule has 4 nitrogen and oxygen atoms in total. The highest BCUT2D eigenvalue weighted by Crippen LogP contribution is 2.32. The molecule has 5 heteroatoms. The highest BCUT2D eigenvalue weighted by Gasteiger charge is 2.21. The van der Waals surface area contributed by atoms with Crippen molar-refractivity contribution in [3.8, 4) is 0 Å². The minimum atomic E-state index is 0. The van der Waals surface area contributed by atoms with E-state index in [0.29, 0.717) is 13.2 Å². The summed E-state index contributed by atoms with van der Waals surface area (Å²) >= 11 is 0. The van der Waals surface area contributed by atoms with Crippen molar-refractivity contribution in [1.82, 2.24) is 10.6 Å². The number of aryl methyl sites for hydroxylation is 1. The Balaban J connectivity index is 0.00000208. The molecule has 2 aliphatic rings. The average Bonchev–Trinajstić information content (AvgIpc) is 2.62. The second-order valence-electron chi connectivity index (χ2n) is 6.60. The summed E-state index contributed by atoms with van der Waals surface area (Å²) in [5, 5.41) is 6.31. The van der Waals surface area contributed by atoms with Gasteiger partial charge in [-0.2, -0.15) is 0 Å². The molecule has 1 saturated heterocycles. The van der Waals surface area contributed by atoms with Crippen LogP contribution < -0.4 is 10.6 Å². The molecular formula is C19H29ClN2O2. The summed E-state index contributed by atoms with van der Waals surface area (Å²) in [6.45, 7) is 2.37. The minimum Gasteiger partial charge on any atom is -0.373 e. The maximum atomic E-state index is 12.0. The lowest BCUT2D eigenvalue weighted by Gasteiger charge is -2.26. The van der Waals surface area contributed by atoms with Gasteiger partial charge in [0.25, 0.3) is 0 Å². The van der Waals surface area contributed by atoms with Gasteiger partial charge in [-0.3, -0.25) is 4.79 Å². The van der Waals surface area contributed by atoms with Crippen LogP contribution in [0.2, 0.25) is 0 Å². The van der Waals surface area contributed by atoms with Crippen molar-refractivity contribution >= 4 is 18.3 Å². The number of benzene rings is 1. The fraction of sp³-hybridized carbons (Fsp3) is 0.632. The van der Waals surface area contributed by atoms with Crippen LogP contribution in [0.4, 0.5) is 0 Å². The van der Waals surface area contributed by atoms with Gasteiger partial charge in [0, 0.05) is 13.2 Å². The highest BCUT2D eigenvalue weighted by atomic mass is 35.5. The van der Waals surface area contributed by atoms with E-state index in [-0.39, 0.29) is 30.5 Å². The van der Waals surface area contributed by atoms with Crippen LogP contribution in [0, 0.1) is 0 Å². The van der Waals surface area contributed by atoms with E-state index in [9.17, 15) is 4.79 Å². The molecule has 1 amide bonds. The number of piperidine rings is 1. The van der Waals surface area contributed by atoms with Crippen molar-refractivity contribution in [3.63, 3.8) is 0 Å². The molecular weight excluding hydrogens is 324 g/mol. The van der Waals surface area contributed by atoms with E-state index in [1.165, 1.54) is 30.4 Å². The van der Waals surface area contributed by atoms with Crippen LogP contribution in [0.5, 0.6) is 0 Å². The maximum absolute atomic E-state index is 12.0. The van der Waals surface area contributed by atoms with Crippen molar-refractivity contribution in [3.05, 3.63) is 35.4 Å². The first-order valence-electron chi connectivity index (χ1n) is 9.05. The third-order valence-electron chi connectivity index (χ3n) is 4.88. The Morgan fingerprint density at radius 3 is 2.92 bits per heavy atom. The predicted octanol–water partition coefficient (Wildman–Crippen LogP) is 3.15. The average molecular weight is 353 g/mol. The molecule has 0 aromatic heterocycles. The normalized spacial score (nSPS) is 23.0. The number of ether oxygens (including phenoxy) is 1. The molecule has 1 aliphatic heterocycles. The molecule has 134 valence electrons. The van der Waals surface area contributed by atoms with Gasteiger partial charge in [-0.25, -0.2) is 0 Å². The molecule has 24 heavy (non-hydrogen) atoms. The number of carbonyl (C=O) groups is 1. The van der Waals surface area contributed by atoms with Crippen molar-refractivity contribution in [1.29, 1.82) is 0 Å². The molecule has 2 N–H and O–H groups in total. The van der Waals surface area contributed by atoms with E-state index in [4.69, 9.17) is 4.74 Å². The topological polar surface area (TPSA) is 50.4 Å². The van der Waals surface area contributed by atoms with Gasteiger partial charge in [0.1, 0.15) is 0 Å². The van der Waals surface area contributed by atoms with Gasteiger partial charge in [0.2, 0.25) is 5.91 Å². The molecule has 2 unspecified atom stereocenters. The Bertz CT molecular complexity index is 518. The molecule has 0 radical (unpaired) electrons. The van der Waals surface area contributed by atoms with E-state index in [2.05, 4.69) is 34.9 Å². The van der Waals surface area contributed by atoms with E-state index in [1.54, 1.807) is 0 Å². The minimum absolute atomic E-state index is 0. The number of rotatable bonds is 6. The first kappa shape index (κ1) is 19.2. The third kappa shape index (κ3) is 5.20. The monoisotopic (exact) mass is 352 g/mol. The summed E-state index contributed by atoms with van der Waals surface area (Å²) in [5.41, 5.74) is 2.79. The van der Waals surface area contributed by atoms with Crippen LogP contribution in [0.15, 0.2) is 24.3 Å². The first-order valence-corrected chi connectivity index (χ1v) is 9.05. The molecule has 2 atom stereocenters. The van der Waals surface area contributed by atoms with E-state index >= 15 is 0 Å². The van der Waals surface area contributed by atoms with Crippen LogP contribution in [0.25, 0.3) is 0 Å². The van der Waals surface area contributed by atoms with E-state index in [0.717, 1.165) is 32.2 Å². The standard InChI is InChI=1S/C19H28N2O2.ClH/c22-19(17-10-3-4-12-20-17)21-13-6-14-23-18-11-5-8-15-7-1-2-9-16(15)18;/h1-2,7,9,17-18,20H,3-6,8,10-14H2,(H,21,22);1H. The van der Waals surface area contributed by atoms with Crippen molar-refractivity contribution in [2.45, 2.75) is 57.1 Å². The lowest BCUT2D eigenvalue weighted by Crippen LogP contribution is -2.46. The maximum Gasteiger partial charge on any atom is 0.237 e. The van der Waals surface area contributed by atoms with Gasteiger partial charge in [0.15, 0.2) is 0 Å².